The van der Waals surface area contributed by atoms with Gasteiger partial charge in [-0.15, -0.1) is 0 Å². The summed E-state index contributed by atoms with van der Waals surface area (Å²) in [4.78, 5) is 12.8. The second-order valence-corrected chi connectivity index (χ2v) is 6.32. The molecule has 0 radical (unpaired) electrons. The lowest BCUT2D eigenvalue weighted by Gasteiger charge is -2.27. The van der Waals surface area contributed by atoms with Crippen LogP contribution in [0.15, 0.2) is 12.1 Å². The first-order valence-corrected chi connectivity index (χ1v) is 7.62. The second kappa shape index (κ2) is 5.90. The van der Waals surface area contributed by atoms with Gasteiger partial charge < -0.3 is 0 Å². The Balaban J connectivity index is 2.23. The Morgan fingerprint density at radius 3 is 2.11 bits per heavy atom. The van der Waals surface area contributed by atoms with Crippen LogP contribution >= 0.6 is 0 Å². The van der Waals surface area contributed by atoms with Gasteiger partial charge in [-0.25, -0.2) is 0 Å². The molecule has 104 valence electrons. The van der Waals surface area contributed by atoms with E-state index in [1.165, 1.54) is 37.7 Å². The lowest BCUT2D eigenvalue weighted by molar-refractivity contribution is 0.0862. The molecule has 0 heterocycles. The molecule has 1 fully saturated rings. The van der Waals surface area contributed by atoms with Crippen molar-refractivity contribution in [1.82, 2.24) is 0 Å². The molecule has 1 atom stereocenters. The highest BCUT2D eigenvalue weighted by Crippen LogP contribution is 2.33. The Morgan fingerprint density at radius 1 is 1.05 bits per heavy atom. The summed E-state index contributed by atoms with van der Waals surface area (Å²) in [6.07, 6.45) is 6.41. The number of hydrogen-bond donors (Lipinski definition) is 0. The molecule has 1 aliphatic carbocycles. The minimum atomic E-state index is 0.181. The number of hydrogen-bond acceptors (Lipinski definition) is 1. The maximum absolute atomic E-state index is 12.8. The van der Waals surface area contributed by atoms with Crippen LogP contribution in [0.4, 0.5) is 0 Å². The molecule has 0 saturated heterocycles. The predicted molar refractivity (Wildman–Crippen MR) is 80.7 cm³/mol. The molecule has 0 aliphatic heterocycles. The van der Waals surface area contributed by atoms with E-state index in [2.05, 4.69) is 39.8 Å². The summed E-state index contributed by atoms with van der Waals surface area (Å²) in [6, 6.07) is 4.27. The molecule has 0 aromatic heterocycles. The van der Waals surface area contributed by atoms with Crippen molar-refractivity contribution < 1.29 is 4.79 Å². The molecule has 1 unspecified atom stereocenters. The molecule has 1 nitrogen and oxygen atoms in total. The summed E-state index contributed by atoms with van der Waals surface area (Å²) in [5.74, 6) is 1.14. The van der Waals surface area contributed by atoms with Gasteiger partial charge in [0.15, 0.2) is 5.78 Å². The quantitative estimate of drug-likeness (QED) is 0.696. The van der Waals surface area contributed by atoms with Gasteiger partial charge >= 0.3 is 0 Å². The molecule has 0 spiro atoms. The smallest absolute Gasteiger partial charge is 0.166 e. The molecule has 1 heteroatoms. The SMILES string of the molecule is Cc1cc(C)c(C(=O)C(C)C2CCCCC2)c(C)c1. The third-order valence-corrected chi connectivity index (χ3v) is 4.69. The largest absolute Gasteiger partial charge is 0.294 e. The molecule has 1 saturated carbocycles. The van der Waals surface area contributed by atoms with E-state index in [4.69, 9.17) is 0 Å². The Kier molecular flexibility index (Phi) is 4.44. The van der Waals surface area contributed by atoms with E-state index in [9.17, 15) is 4.79 Å². The molecule has 19 heavy (non-hydrogen) atoms. The van der Waals surface area contributed by atoms with Crippen LogP contribution in [0.25, 0.3) is 0 Å². The number of carbonyl (C=O) groups excluding carboxylic acids is 1. The minimum Gasteiger partial charge on any atom is -0.294 e. The van der Waals surface area contributed by atoms with Crippen molar-refractivity contribution in [2.75, 3.05) is 0 Å². The van der Waals surface area contributed by atoms with E-state index in [1.54, 1.807) is 0 Å². The molecule has 0 N–H and O–H groups in total. The summed E-state index contributed by atoms with van der Waals surface area (Å²) in [7, 11) is 0. The van der Waals surface area contributed by atoms with Crippen LogP contribution in [0, 0.1) is 32.6 Å². The van der Waals surface area contributed by atoms with Crippen molar-refractivity contribution in [2.45, 2.75) is 59.8 Å². The van der Waals surface area contributed by atoms with E-state index in [-0.39, 0.29) is 5.92 Å². The fourth-order valence-corrected chi connectivity index (χ4v) is 3.64. The number of carbonyl (C=O) groups is 1. The number of benzene rings is 1. The summed E-state index contributed by atoms with van der Waals surface area (Å²) < 4.78 is 0. The van der Waals surface area contributed by atoms with Gasteiger partial charge in [0.05, 0.1) is 0 Å². The number of ketones is 1. The number of Topliss-reactive ketones (excluding diaryl/α,β-unsaturated/α-hetero) is 1. The van der Waals surface area contributed by atoms with E-state index in [0.717, 1.165) is 16.7 Å². The van der Waals surface area contributed by atoms with Crippen molar-refractivity contribution in [2.24, 2.45) is 11.8 Å². The summed E-state index contributed by atoms with van der Waals surface area (Å²) in [6.45, 7) is 8.37. The Hall–Kier alpha value is -1.11. The molecular weight excluding hydrogens is 232 g/mol. The first-order valence-electron chi connectivity index (χ1n) is 7.62. The Bertz CT molecular complexity index is 444. The van der Waals surface area contributed by atoms with Crippen LogP contribution in [0.5, 0.6) is 0 Å². The third kappa shape index (κ3) is 3.08. The average Bonchev–Trinajstić information content (AvgIpc) is 2.37. The second-order valence-electron chi connectivity index (χ2n) is 6.32. The van der Waals surface area contributed by atoms with Crippen molar-refractivity contribution >= 4 is 5.78 Å². The summed E-state index contributed by atoms with van der Waals surface area (Å²) >= 11 is 0. The Labute approximate surface area is 117 Å². The first-order chi connectivity index (χ1) is 9.00. The van der Waals surface area contributed by atoms with E-state index < -0.39 is 0 Å². The van der Waals surface area contributed by atoms with Crippen molar-refractivity contribution in [3.05, 3.63) is 34.4 Å². The fourth-order valence-electron chi connectivity index (χ4n) is 3.64. The maximum Gasteiger partial charge on any atom is 0.166 e. The number of aryl methyl sites for hydroxylation is 3. The zero-order chi connectivity index (χ0) is 14.0. The van der Waals surface area contributed by atoms with Gasteiger partial charge in [-0.05, 0) is 50.7 Å². The molecule has 1 aromatic rings. The van der Waals surface area contributed by atoms with Crippen LogP contribution in [0.3, 0.4) is 0 Å². The van der Waals surface area contributed by atoms with Gasteiger partial charge in [0.2, 0.25) is 0 Å². The summed E-state index contributed by atoms with van der Waals surface area (Å²) in [5, 5.41) is 0. The Morgan fingerprint density at radius 2 is 1.58 bits per heavy atom. The van der Waals surface area contributed by atoms with Crippen molar-refractivity contribution in [3.8, 4) is 0 Å². The molecule has 0 amide bonds. The average molecular weight is 258 g/mol. The maximum atomic E-state index is 12.8. The standard InChI is InChI=1S/C18H26O/c1-12-10-13(2)17(14(3)11-12)18(19)15(4)16-8-6-5-7-9-16/h10-11,15-16H,5-9H2,1-4H3. The van der Waals surface area contributed by atoms with E-state index in [1.807, 2.05) is 0 Å². The van der Waals surface area contributed by atoms with Gasteiger partial charge in [-0.3, -0.25) is 4.79 Å². The van der Waals surface area contributed by atoms with Gasteiger partial charge in [-0.1, -0.05) is 43.9 Å². The van der Waals surface area contributed by atoms with Gasteiger partial charge in [0.1, 0.15) is 0 Å². The summed E-state index contributed by atoms with van der Waals surface area (Å²) in [5.41, 5.74) is 4.51. The van der Waals surface area contributed by atoms with E-state index in [0.29, 0.717) is 11.7 Å². The highest BCUT2D eigenvalue weighted by atomic mass is 16.1. The van der Waals surface area contributed by atoms with Crippen LogP contribution in [0.1, 0.15) is 66.1 Å². The highest BCUT2D eigenvalue weighted by Gasteiger charge is 2.27. The van der Waals surface area contributed by atoms with Crippen LogP contribution in [-0.4, -0.2) is 5.78 Å². The predicted octanol–water partition coefficient (Wildman–Crippen LogP) is 5.01. The van der Waals surface area contributed by atoms with Crippen LogP contribution in [0.2, 0.25) is 0 Å². The number of rotatable bonds is 3. The molecule has 0 bridgehead atoms. The minimum absolute atomic E-state index is 0.181. The monoisotopic (exact) mass is 258 g/mol. The fraction of sp³-hybridized carbons (Fsp3) is 0.611. The molecule has 1 aliphatic rings. The topological polar surface area (TPSA) is 17.1 Å². The molecule has 1 aromatic carbocycles. The van der Waals surface area contributed by atoms with Gasteiger partial charge in [-0.2, -0.15) is 0 Å². The molecular formula is C18H26O. The van der Waals surface area contributed by atoms with Gasteiger partial charge in [0, 0.05) is 11.5 Å². The van der Waals surface area contributed by atoms with Crippen LogP contribution < -0.4 is 0 Å². The third-order valence-electron chi connectivity index (χ3n) is 4.69. The first kappa shape index (κ1) is 14.3. The van der Waals surface area contributed by atoms with Crippen molar-refractivity contribution in [3.63, 3.8) is 0 Å². The lowest BCUT2D eigenvalue weighted by atomic mass is 9.76. The van der Waals surface area contributed by atoms with E-state index >= 15 is 0 Å². The molecule has 2 rings (SSSR count). The van der Waals surface area contributed by atoms with Gasteiger partial charge in [0.25, 0.3) is 0 Å². The van der Waals surface area contributed by atoms with Crippen LogP contribution in [-0.2, 0) is 0 Å². The highest BCUT2D eigenvalue weighted by molar-refractivity contribution is 6.00. The van der Waals surface area contributed by atoms with Crippen molar-refractivity contribution in [1.29, 1.82) is 0 Å². The normalized spacial score (nSPS) is 18.3. The lowest BCUT2D eigenvalue weighted by Crippen LogP contribution is -2.24. The zero-order valence-electron chi connectivity index (χ0n) is 12.8. The zero-order valence-corrected chi connectivity index (χ0v) is 12.8.